The van der Waals surface area contributed by atoms with Gasteiger partial charge in [0.1, 0.15) is 10.0 Å². The third kappa shape index (κ3) is 5.65. The van der Waals surface area contributed by atoms with E-state index < -0.39 is 10.0 Å². The average Bonchev–Trinajstić information content (AvgIpc) is 2.92. The Kier molecular flexibility index (Phi) is 6.23. The van der Waals surface area contributed by atoms with Gasteiger partial charge in [-0.2, -0.15) is 0 Å². The van der Waals surface area contributed by atoms with Crippen LogP contribution >= 0.6 is 22.9 Å². The molecule has 9 heteroatoms. The SMILES string of the molecule is CN(C)CCCNc1ccc(NS(=O)(=O)c2ccc(Cl)s2)cn1. The normalized spacial score (nSPS) is 11.7. The van der Waals surface area contributed by atoms with E-state index in [-0.39, 0.29) is 4.21 Å². The number of pyridine rings is 1. The Bertz CT molecular complexity index is 729. The first-order valence-corrected chi connectivity index (χ1v) is 9.67. The predicted molar refractivity (Wildman–Crippen MR) is 96.0 cm³/mol. The largest absolute Gasteiger partial charge is 0.370 e. The molecule has 0 amide bonds. The van der Waals surface area contributed by atoms with Crippen molar-refractivity contribution in [3.63, 3.8) is 0 Å². The number of hydrogen-bond acceptors (Lipinski definition) is 6. The number of rotatable bonds is 8. The molecular weight excluding hydrogens is 356 g/mol. The van der Waals surface area contributed by atoms with Crippen LogP contribution in [0, 0.1) is 0 Å². The van der Waals surface area contributed by atoms with Crippen molar-refractivity contribution in [2.75, 3.05) is 37.2 Å². The van der Waals surface area contributed by atoms with Gasteiger partial charge in [-0.1, -0.05) is 11.6 Å². The highest BCUT2D eigenvalue weighted by Gasteiger charge is 2.16. The number of nitrogens with one attached hydrogen (secondary N) is 2. The molecule has 2 rings (SSSR count). The van der Waals surface area contributed by atoms with Crippen molar-refractivity contribution in [1.82, 2.24) is 9.88 Å². The lowest BCUT2D eigenvalue weighted by Crippen LogP contribution is -2.16. The van der Waals surface area contributed by atoms with E-state index in [1.165, 1.54) is 12.3 Å². The zero-order valence-electron chi connectivity index (χ0n) is 12.9. The van der Waals surface area contributed by atoms with E-state index in [2.05, 4.69) is 19.9 Å². The molecular formula is C14H19ClN4O2S2. The molecule has 6 nitrogen and oxygen atoms in total. The maximum Gasteiger partial charge on any atom is 0.271 e. The van der Waals surface area contributed by atoms with E-state index in [0.717, 1.165) is 30.8 Å². The number of anilines is 2. The Morgan fingerprint density at radius 3 is 2.61 bits per heavy atom. The van der Waals surface area contributed by atoms with Crippen LogP contribution in [0.4, 0.5) is 11.5 Å². The van der Waals surface area contributed by atoms with Crippen LogP contribution in [-0.2, 0) is 10.0 Å². The number of thiophene rings is 1. The van der Waals surface area contributed by atoms with Crippen molar-refractivity contribution in [1.29, 1.82) is 0 Å². The summed E-state index contributed by atoms with van der Waals surface area (Å²) in [6, 6.07) is 6.45. The van der Waals surface area contributed by atoms with Gasteiger partial charge in [-0.05, 0) is 51.3 Å². The summed E-state index contributed by atoms with van der Waals surface area (Å²) in [5.41, 5.74) is 0.411. The van der Waals surface area contributed by atoms with Crippen molar-refractivity contribution < 1.29 is 8.42 Å². The van der Waals surface area contributed by atoms with Gasteiger partial charge in [0.2, 0.25) is 0 Å². The zero-order valence-corrected chi connectivity index (χ0v) is 15.3. The van der Waals surface area contributed by atoms with Gasteiger partial charge in [-0.25, -0.2) is 13.4 Å². The quantitative estimate of drug-likeness (QED) is 0.695. The number of aromatic nitrogens is 1. The molecule has 2 N–H and O–H groups in total. The molecule has 0 spiro atoms. The summed E-state index contributed by atoms with van der Waals surface area (Å²) in [7, 11) is 0.438. The Morgan fingerprint density at radius 2 is 2.04 bits per heavy atom. The van der Waals surface area contributed by atoms with E-state index >= 15 is 0 Å². The maximum absolute atomic E-state index is 12.2. The highest BCUT2D eigenvalue weighted by atomic mass is 35.5. The fourth-order valence-corrected chi connectivity index (χ4v) is 4.34. The molecule has 0 aromatic carbocycles. The smallest absolute Gasteiger partial charge is 0.271 e. The molecule has 2 heterocycles. The van der Waals surface area contributed by atoms with Crippen LogP contribution in [0.1, 0.15) is 6.42 Å². The average molecular weight is 375 g/mol. The van der Waals surface area contributed by atoms with Crippen LogP contribution in [0.25, 0.3) is 0 Å². The van der Waals surface area contributed by atoms with Crippen LogP contribution in [0.2, 0.25) is 4.34 Å². The minimum atomic E-state index is -3.62. The molecule has 0 saturated carbocycles. The highest BCUT2D eigenvalue weighted by molar-refractivity contribution is 7.94. The molecule has 0 radical (unpaired) electrons. The third-order valence-electron chi connectivity index (χ3n) is 2.92. The van der Waals surface area contributed by atoms with Crippen molar-refractivity contribution >= 4 is 44.5 Å². The minimum absolute atomic E-state index is 0.174. The molecule has 0 aliphatic carbocycles. The number of sulfonamides is 1. The van der Waals surface area contributed by atoms with Crippen molar-refractivity contribution in [3.05, 3.63) is 34.8 Å². The summed E-state index contributed by atoms with van der Waals surface area (Å²) < 4.78 is 27.4. The molecule has 0 bridgehead atoms. The first kappa shape index (κ1) is 18.0. The van der Waals surface area contributed by atoms with Gasteiger partial charge in [0.25, 0.3) is 10.0 Å². The fraction of sp³-hybridized carbons (Fsp3) is 0.357. The summed E-state index contributed by atoms with van der Waals surface area (Å²) in [6.07, 6.45) is 2.49. The van der Waals surface area contributed by atoms with Gasteiger partial charge in [-0.3, -0.25) is 4.72 Å². The van der Waals surface area contributed by atoms with E-state index in [0.29, 0.717) is 15.8 Å². The van der Waals surface area contributed by atoms with Crippen molar-refractivity contribution in [2.45, 2.75) is 10.6 Å². The zero-order chi connectivity index (χ0) is 16.9. The summed E-state index contributed by atoms with van der Waals surface area (Å²) in [5, 5.41) is 3.19. The lowest BCUT2D eigenvalue weighted by molar-refractivity contribution is 0.405. The molecule has 0 atom stereocenters. The topological polar surface area (TPSA) is 74.3 Å². The molecule has 2 aromatic heterocycles. The van der Waals surface area contributed by atoms with E-state index in [9.17, 15) is 8.42 Å². The van der Waals surface area contributed by atoms with E-state index in [1.54, 1.807) is 18.2 Å². The Balaban J connectivity index is 1.92. The Hall–Kier alpha value is -1.35. The molecule has 126 valence electrons. The molecule has 0 aliphatic rings. The highest BCUT2D eigenvalue weighted by Crippen LogP contribution is 2.27. The van der Waals surface area contributed by atoms with Crippen LogP contribution in [-0.4, -0.2) is 45.5 Å². The van der Waals surface area contributed by atoms with Crippen LogP contribution < -0.4 is 10.0 Å². The standard InChI is InChI=1S/C14H19ClN4O2S2/c1-19(2)9-3-8-16-13-6-4-11(10-17-13)18-23(20,21)14-7-5-12(15)22-14/h4-7,10,18H,3,8-9H2,1-2H3,(H,16,17). The third-order valence-corrected chi connectivity index (χ3v) is 6.02. The summed E-state index contributed by atoms with van der Waals surface area (Å²) >= 11 is 6.78. The second-order valence-electron chi connectivity index (χ2n) is 5.18. The van der Waals surface area contributed by atoms with Gasteiger partial charge >= 0.3 is 0 Å². The van der Waals surface area contributed by atoms with Crippen molar-refractivity contribution in [3.8, 4) is 0 Å². The monoisotopic (exact) mass is 374 g/mol. The van der Waals surface area contributed by atoms with Gasteiger partial charge in [0.15, 0.2) is 0 Å². The van der Waals surface area contributed by atoms with E-state index in [1.807, 2.05) is 14.1 Å². The van der Waals surface area contributed by atoms with Crippen molar-refractivity contribution in [2.24, 2.45) is 0 Å². The second kappa shape index (κ2) is 7.96. The molecule has 0 unspecified atom stereocenters. The summed E-state index contributed by atoms with van der Waals surface area (Å²) in [5.74, 6) is 0.714. The molecule has 2 aromatic rings. The molecule has 0 saturated heterocycles. The Labute approximate surface area is 145 Å². The van der Waals surface area contributed by atoms with Gasteiger partial charge < -0.3 is 10.2 Å². The predicted octanol–water partition coefficient (Wildman–Crippen LogP) is 2.96. The fourth-order valence-electron chi connectivity index (χ4n) is 1.82. The first-order chi connectivity index (χ1) is 10.9. The molecule has 23 heavy (non-hydrogen) atoms. The number of halogens is 1. The first-order valence-electron chi connectivity index (χ1n) is 6.99. The van der Waals surface area contributed by atoms with E-state index in [4.69, 9.17) is 11.6 Å². The lowest BCUT2D eigenvalue weighted by atomic mass is 10.4. The minimum Gasteiger partial charge on any atom is -0.370 e. The maximum atomic E-state index is 12.2. The van der Waals surface area contributed by atoms with Crippen LogP contribution in [0.3, 0.4) is 0 Å². The number of nitrogens with zero attached hydrogens (tertiary/aromatic N) is 2. The van der Waals surface area contributed by atoms with Gasteiger partial charge in [0, 0.05) is 6.54 Å². The Morgan fingerprint density at radius 1 is 1.26 bits per heavy atom. The summed E-state index contributed by atoms with van der Waals surface area (Å²) in [6.45, 7) is 1.80. The number of hydrogen-bond donors (Lipinski definition) is 2. The second-order valence-corrected chi connectivity index (χ2v) is 8.80. The molecule has 0 fully saturated rings. The summed E-state index contributed by atoms with van der Waals surface area (Å²) in [4.78, 5) is 6.32. The van der Waals surface area contributed by atoms with Gasteiger partial charge in [-0.15, -0.1) is 11.3 Å². The van der Waals surface area contributed by atoms with Gasteiger partial charge in [0.05, 0.1) is 16.2 Å². The van der Waals surface area contributed by atoms with Crippen LogP contribution in [0.15, 0.2) is 34.7 Å². The molecule has 0 aliphatic heterocycles. The lowest BCUT2D eigenvalue weighted by Gasteiger charge is -2.10. The van der Waals surface area contributed by atoms with Crippen LogP contribution in [0.5, 0.6) is 0 Å².